The number of nitrogens with zero attached hydrogens (tertiary/aromatic N) is 2. The van der Waals surface area contributed by atoms with E-state index in [1.54, 1.807) is 0 Å². The summed E-state index contributed by atoms with van der Waals surface area (Å²) in [7, 11) is 0. The number of aryl methyl sites for hydroxylation is 2. The van der Waals surface area contributed by atoms with Gasteiger partial charge in [-0.2, -0.15) is 0 Å². The fourth-order valence-corrected chi connectivity index (χ4v) is 10.1. The Kier molecular flexibility index (Phi) is 7.91. The fraction of sp³-hybridized carbons (Fsp3) is 0.231. The van der Waals surface area contributed by atoms with Crippen molar-refractivity contribution in [1.29, 1.82) is 0 Å². The summed E-state index contributed by atoms with van der Waals surface area (Å²) in [5.74, 6) is 0. The Hall–Kier alpha value is -5.60. The van der Waals surface area contributed by atoms with Crippen LogP contribution in [-0.4, -0.2) is 6.04 Å². The van der Waals surface area contributed by atoms with Crippen molar-refractivity contribution in [2.24, 2.45) is 0 Å². The molecule has 6 aromatic rings. The average Bonchev–Trinajstić information content (AvgIpc) is 3.56. The van der Waals surface area contributed by atoms with Crippen LogP contribution >= 0.6 is 0 Å². The molecule has 3 aliphatic rings. The number of allylic oxidation sites excluding steroid dienone is 2. The van der Waals surface area contributed by atoms with Gasteiger partial charge in [0.15, 0.2) is 0 Å². The first kappa shape index (κ1) is 34.2. The van der Waals surface area contributed by atoms with Gasteiger partial charge in [0.1, 0.15) is 0 Å². The molecule has 0 N–H and O–H groups in total. The monoisotopic (exact) mass is 702 g/mol. The Morgan fingerprint density at radius 2 is 0.926 bits per heavy atom. The van der Waals surface area contributed by atoms with E-state index in [9.17, 15) is 0 Å². The molecule has 0 saturated carbocycles. The van der Waals surface area contributed by atoms with E-state index >= 15 is 0 Å². The maximum absolute atomic E-state index is 2.55. The molecule has 0 heterocycles. The molecule has 2 heteroatoms. The number of anilines is 5. The molecule has 1 atom stereocenters. The van der Waals surface area contributed by atoms with Crippen molar-refractivity contribution in [3.05, 3.63) is 184 Å². The standard InChI is InChI=1S/C52H50N2/c1-33-29-41(53(37-21-13-9-14-22-37)38-23-15-10-16-24-38)31-43-45(33)47-35(3)36(4)48-46-34(2)30-42(32-44(46)52(7,8)50(48)49(47)51(43,5)6)54(39-25-17-11-18-26-39)40-27-19-12-20-28-40/h9-27,29-32,40H,28H2,1-8H3. The van der Waals surface area contributed by atoms with Crippen LogP contribution < -0.4 is 9.80 Å². The zero-order chi connectivity index (χ0) is 37.5. The van der Waals surface area contributed by atoms with E-state index in [1.807, 2.05) is 0 Å². The van der Waals surface area contributed by atoms with Gasteiger partial charge in [-0.3, -0.25) is 0 Å². The summed E-state index contributed by atoms with van der Waals surface area (Å²) >= 11 is 0. The molecule has 0 saturated heterocycles. The third-order valence-electron chi connectivity index (χ3n) is 12.7. The zero-order valence-electron chi connectivity index (χ0n) is 33.0. The third kappa shape index (κ3) is 4.99. The first-order chi connectivity index (χ1) is 26.0. The highest BCUT2D eigenvalue weighted by molar-refractivity contribution is 5.98. The minimum Gasteiger partial charge on any atom is -0.334 e. The molecule has 0 aromatic heterocycles. The first-order valence-corrected chi connectivity index (χ1v) is 19.6. The molecule has 268 valence electrons. The summed E-state index contributed by atoms with van der Waals surface area (Å²) in [6, 6.07) is 42.7. The second-order valence-electron chi connectivity index (χ2n) is 16.7. The number of fused-ring (bicyclic) bond motifs is 7. The van der Waals surface area contributed by atoms with Crippen LogP contribution in [-0.2, 0) is 10.8 Å². The lowest BCUT2D eigenvalue weighted by Gasteiger charge is -2.34. The van der Waals surface area contributed by atoms with E-state index in [1.165, 1.54) is 83.8 Å². The molecule has 3 aliphatic carbocycles. The number of rotatable bonds is 6. The highest BCUT2D eigenvalue weighted by Gasteiger charge is 2.48. The van der Waals surface area contributed by atoms with E-state index in [2.05, 4.69) is 205 Å². The van der Waals surface area contributed by atoms with E-state index in [0.29, 0.717) is 0 Å². The van der Waals surface area contributed by atoms with Gasteiger partial charge in [0.05, 0.1) is 6.04 Å². The highest BCUT2D eigenvalue weighted by Crippen LogP contribution is 2.63. The largest absolute Gasteiger partial charge is 0.334 e. The predicted molar refractivity (Wildman–Crippen MR) is 230 cm³/mol. The summed E-state index contributed by atoms with van der Waals surface area (Å²) in [6.45, 7) is 19.3. The van der Waals surface area contributed by atoms with Crippen LogP contribution in [0.3, 0.4) is 0 Å². The van der Waals surface area contributed by atoms with Gasteiger partial charge in [0, 0.05) is 39.3 Å². The number of benzene rings is 6. The molecule has 2 nitrogen and oxygen atoms in total. The van der Waals surface area contributed by atoms with Gasteiger partial charge in [-0.15, -0.1) is 0 Å². The van der Waals surface area contributed by atoms with Crippen LogP contribution in [0, 0.1) is 27.7 Å². The molecule has 1 unspecified atom stereocenters. The summed E-state index contributed by atoms with van der Waals surface area (Å²) < 4.78 is 0. The first-order valence-electron chi connectivity index (χ1n) is 19.6. The number of para-hydroxylation sites is 3. The fourth-order valence-electron chi connectivity index (χ4n) is 10.1. The molecule has 9 rings (SSSR count). The maximum atomic E-state index is 2.55. The van der Waals surface area contributed by atoms with E-state index in [4.69, 9.17) is 0 Å². The van der Waals surface area contributed by atoms with Crippen molar-refractivity contribution in [2.45, 2.75) is 78.7 Å². The van der Waals surface area contributed by atoms with Gasteiger partial charge in [-0.1, -0.05) is 107 Å². The van der Waals surface area contributed by atoms with Crippen LogP contribution in [0.2, 0.25) is 0 Å². The Morgan fingerprint density at radius 1 is 0.481 bits per heavy atom. The van der Waals surface area contributed by atoms with E-state index < -0.39 is 0 Å². The quantitative estimate of drug-likeness (QED) is 0.170. The Labute approximate surface area is 322 Å². The predicted octanol–water partition coefficient (Wildman–Crippen LogP) is 14.0. The van der Waals surface area contributed by atoms with Crippen LogP contribution in [0.25, 0.3) is 22.3 Å². The lowest BCUT2D eigenvalue weighted by molar-refractivity contribution is 0.600. The Morgan fingerprint density at radius 3 is 1.39 bits per heavy atom. The van der Waals surface area contributed by atoms with Gasteiger partial charge < -0.3 is 9.80 Å². The molecular formula is C52H50N2. The maximum Gasteiger partial charge on any atom is 0.0559 e. The number of hydrogen-bond donors (Lipinski definition) is 0. The topological polar surface area (TPSA) is 6.48 Å². The summed E-state index contributed by atoms with van der Waals surface area (Å²) in [5, 5.41) is 0. The molecule has 0 bridgehead atoms. The van der Waals surface area contributed by atoms with Crippen LogP contribution in [0.1, 0.15) is 78.6 Å². The molecule has 54 heavy (non-hydrogen) atoms. The van der Waals surface area contributed by atoms with Crippen LogP contribution in [0.15, 0.2) is 140 Å². The van der Waals surface area contributed by atoms with Crippen molar-refractivity contribution in [2.75, 3.05) is 9.80 Å². The summed E-state index contributed by atoms with van der Waals surface area (Å²) in [6.07, 6.45) is 10.00. The van der Waals surface area contributed by atoms with Crippen molar-refractivity contribution in [3.63, 3.8) is 0 Å². The van der Waals surface area contributed by atoms with Gasteiger partial charge in [-0.05, 0) is 162 Å². The second-order valence-corrected chi connectivity index (χ2v) is 16.7. The number of hydrogen-bond acceptors (Lipinski definition) is 2. The Bertz CT molecular complexity index is 2460. The summed E-state index contributed by atoms with van der Waals surface area (Å²) in [5.41, 5.74) is 22.7. The molecule has 0 amide bonds. The normalized spacial score (nSPS) is 16.8. The highest BCUT2D eigenvalue weighted by atomic mass is 15.2. The molecule has 0 spiro atoms. The lowest BCUT2D eigenvalue weighted by Crippen LogP contribution is -2.30. The van der Waals surface area contributed by atoms with Gasteiger partial charge in [-0.25, -0.2) is 0 Å². The summed E-state index contributed by atoms with van der Waals surface area (Å²) in [4.78, 5) is 4.96. The van der Waals surface area contributed by atoms with E-state index in [-0.39, 0.29) is 16.9 Å². The zero-order valence-corrected chi connectivity index (χ0v) is 33.0. The lowest BCUT2D eigenvalue weighted by atomic mass is 9.71. The third-order valence-corrected chi connectivity index (χ3v) is 12.7. The smallest absolute Gasteiger partial charge is 0.0559 e. The average molecular weight is 703 g/mol. The molecule has 0 fully saturated rings. The SMILES string of the molecule is Cc1cc(N(c2ccccc2)c2ccccc2)cc2c1-c1c(C)c(C)c3c(c1C2(C)C)C(C)(C)c1cc(N(c2ccccc2)C2C=CC=CC2)cc(C)c1-3. The Balaban J connectivity index is 1.24. The van der Waals surface area contributed by atoms with Gasteiger partial charge in [0.2, 0.25) is 0 Å². The van der Waals surface area contributed by atoms with Crippen molar-refractivity contribution in [3.8, 4) is 22.3 Å². The molecule has 0 aliphatic heterocycles. The molecule has 6 aromatic carbocycles. The minimum absolute atomic E-state index is 0.200. The van der Waals surface area contributed by atoms with Gasteiger partial charge >= 0.3 is 0 Å². The van der Waals surface area contributed by atoms with Crippen molar-refractivity contribution < 1.29 is 0 Å². The molecular weight excluding hydrogens is 653 g/mol. The molecule has 0 radical (unpaired) electrons. The van der Waals surface area contributed by atoms with E-state index in [0.717, 1.165) is 17.8 Å². The van der Waals surface area contributed by atoms with Crippen molar-refractivity contribution in [1.82, 2.24) is 0 Å². The second kappa shape index (κ2) is 12.5. The minimum atomic E-state index is -0.210. The van der Waals surface area contributed by atoms with Crippen LogP contribution in [0.4, 0.5) is 28.4 Å². The van der Waals surface area contributed by atoms with Gasteiger partial charge in [0.25, 0.3) is 0 Å². The van der Waals surface area contributed by atoms with Crippen LogP contribution in [0.5, 0.6) is 0 Å². The van der Waals surface area contributed by atoms with Crippen molar-refractivity contribution >= 4 is 28.4 Å².